The van der Waals surface area contributed by atoms with Crippen molar-refractivity contribution in [1.29, 1.82) is 0 Å². The van der Waals surface area contributed by atoms with Crippen LogP contribution in [0.2, 0.25) is 0 Å². The lowest BCUT2D eigenvalue weighted by Gasteiger charge is -2.14. The minimum Gasteiger partial charge on any atom is -0.494 e. The summed E-state index contributed by atoms with van der Waals surface area (Å²) in [6.07, 6.45) is 1.43. The fourth-order valence-electron chi connectivity index (χ4n) is 3.12. The second kappa shape index (κ2) is 10.6. The maximum absolute atomic E-state index is 12.3. The van der Waals surface area contributed by atoms with Gasteiger partial charge in [0, 0.05) is 24.0 Å². The molecule has 4 amide bonds. The summed E-state index contributed by atoms with van der Waals surface area (Å²) in [6.45, 7) is 5.05. The monoisotopic (exact) mass is 437 g/mol. The first-order valence-electron chi connectivity index (χ1n) is 10.6. The van der Waals surface area contributed by atoms with Crippen LogP contribution in [0.3, 0.4) is 0 Å². The van der Waals surface area contributed by atoms with E-state index in [9.17, 15) is 19.2 Å². The van der Waals surface area contributed by atoms with Crippen molar-refractivity contribution in [3.05, 3.63) is 65.2 Å². The first-order valence-corrected chi connectivity index (χ1v) is 10.6. The Kier molecular flexibility index (Phi) is 7.59. The molecular formula is C24H27N3O5. The third kappa shape index (κ3) is 6.16. The molecule has 0 spiro atoms. The Hall–Kier alpha value is -3.68. The van der Waals surface area contributed by atoms with Gasteiger partial charge in [0.2, 0.25) is 11.8 Å². The van der Waals surface area contributed by atoms with Crippen LogP contribution in [0, 0.1) is 5.92 Å². The maximum Gasteiger partial charge on any atom is 0.269 e. The van der Waals surface area contributed by atoms with Gasteiger partial charge >= 0.3 is 0 Å². The van der Waals surface area contributed by atoms with Crippen LogP contribution in [0.4, 0.5) is 0 Å². The predicted octanol–water partition coefficient (Wildman–Crippen LogP) is 2.84. The summed E-state index contributed by atoms with van der Waals surface area (Å²) in [6, 6.07) is 13.2. The van der Waals surface area contributed by atoms with Gasteiger partial charge in [-0.2, -0.15) is 0 Å². The molecule has 0 saturated carbocycles. The van der Waals surface area contributed by atoms with Crippen molar-refractivity contribution >= 4 is 23.6 Å². The molecule has 8 nitrogen and oxygen atoms in total. The fourth-order valence-corrected chi connectivity index (χ4v) is 3.12. The molecule has 0 atom stereocenters. The average molecular weight is 437 g/mol. The van der Waals surface area contributed by atoms with E-state index in [0.29, 0.717) is 29.4 Å². The van der Waals surface area contributed by atoms with E-state index < -0.39 is 11.8 Å². The van der Waals surface area contributed by atoms with Gasteiger partial charge in [0.25, 0.3) is 11.8 Å². The number of hydrogen-bond donors (Lipinski definition) is 2. The normalized spacial score (nSPS) is 13.4. The van der Waals surface area contributed by atoms with Crippen LogP contribution in [0.1, 0.15) is 59.4 Å². The summed E-state index contributed by atoms with van der Waals surface area (Å²) in [5.74, 6) is -0.0620. The second-order valence-corrected chi connectivity index (χ2v) is 8.03. The van der Waals surface area contributed by atoms with Gasteiger partial charge in [-0.25, -0.2) is 0 Å². The van der Waals surface area contributed by atoms with E-state index in [1.165, 1.54) is 4.90 Å². The van der Waals surface area contributed by atoms with Crippen LogP contribution in [-0.4, -0.2) is 35.1 Å². The van der Waals surface area contributed by atoms with Crippen molar-refractivity contribution in [2.45, 2.75) is 39.7 Å². The Bertz CT molecular complexity index is 968. The van der Waals surface area contributed by atoms with Gasteiger partial charge in [-0.1, -0.05) is 26.0 Å². The highest BCUT2D eigenvalue weighted by molar-refractivity contribution is 6.02. The predicted molar refractivity (Wildman–Crippen MR) is 118 cm³/mol. The summed E-state index contributed by atoms with van der Waals surface area (Å²) in [5, 5.41) is 0. The molecule has 0 aliphatic carbocycles. The van der Waals surface area contributed by atoms with Gasteiger partial charge in [-0.05, 0) is 54.3 Å². The van der Waals surface area contributed by atoms with Crippen LogP contribution in [0.25, 0.3) is 0 Å². The van der Waals surface area contributed by atoms with Crippen LogP contribution in [-0.2, 0) is 16.1 Å². The van der Waals surface area contributed by atoms with Gasteiger partial charge < -0.3 is 4.74 Å². The zero-order valence-corrected chi connectivity index (χ0v) is 18.2. The number of hydrogen-bond acceptors (Lipinski definition) is 5. The van der Waals surface area contributed by atoms with Crippen LogP contribution >= 0.6 is 0 Å². The Morgan fingerprint density at radius 2 is 1.38 bits per heavy atom. The molecule has 0 bridgehead atoms. The van der Waals surface area contributed by atoms with E-state index >= 15 is 0 Å². The standard InChI is InChI=1S/C24H27N3O5/c1-16(2)13-14-32-20-9-7-19(8-10-20)24(31)26-25-23(30)18-5-3-17(4-6-18)15-27-21(28)11-12-22(27)29/h3-10,16H,11-15H2,1-2H3,(H,25,30)(H,26,31). The van der Waals surface area contributed by atoms with Crippen LogP contribution in [0.15, 0.2) is 48.5 Å². The van der Waals surface area contributed by atoms with E-state index in [0.717, 1.165) is 12.0 Å². The molecule has 1 fully saturated rings. The molecule has 2 N–H and O–H groups in total. The molecule has 1 aliphatic rings. The summed E-state index contributed by atoms with van der Waals surface area (Å²) >= 11 is 0. The first kappa shape index (κ1) is 23.0. The average Bonchev–Trinajstić information content (AvgIpc) is 3.10. The van der Waals surface area contributed by atoms with E-state index in [1.807, 2.05) is 0 Å². The molecule has 1 heterocycles. The second-order valence-electron chi connectivity index (χ2n) is 8.03. The van der Waals surface area contributed by atoms with Crippen LogP contribution < -0.4 is 15.6 Å². The highest BCUT2D eigenvalue weighted by Gasteiger charge is 2.28. The molecule has 1 aliphatic heterocycles. The molecule has 0 aromatic heterocycles. The van der Waals surface area contributed by atoms with E-state index in [-0.39, 0.29) is 31.2 Å². The lowest BCUT2D eigenvalue weighted by molar-refractivity contribution is -0.139. The van der Waals surface area contributed by atoms with Gasteiger partial charge in [0.1, 0.15) is 5.75 Å². The molecule has 0 radical (unpaired) electrons. The van der Waals surface area contributed by atoms with Crippen molar-refractivity contribution in [2.24, 2.45) is 5.92 Å². The van der Waals surface area contributed by atoms with E-state index in [4.69, 9.17) is 4.74 Å². The van der Waals surface area contributed by atoms with E-state index in [2.05, 4.69) is 24.7 Å². The SMILES string of the molecule is CC(C)CCOc1ccc(C(=O)NNC(=O)c2ccc(CN3C(=O)CCC3=O)cc2)cc1. The molecule has 168 valence electrons. The van der Waals surface area contributed by atoms with Crippen LogP contribution in [0.5, 0.6) is 5.75 Å². The highest BCUT2D eigenvalue weighted by Crippen LogP contribution is 2.16. The molecule has 2 aromatic rings. The zero-order chi connectivity index (χ0) is 23.1. The van der Waals surface area contributed by atoms with Crippen molar-refractivity contribution < 1.29 is 23.9 Å². The maximum atomic E-state index is 12.3. The fraction of sp³-hybridized carbons (Fsp3) is 0.333. The third-order valence-electron chi connectivity index (χ3n) is 5.08. The van der Waals surface area contributed by atoms with Gasteiger partial charge in [0.05, 0.1) is 13.2 Å². The number of ether oxygens (including phenoxy) is 1. The molecule has 1 saturated heterocycles. The number of hydrazine groups is 1. The largest absolute Gasteiger partial charge is 0.494 e. The van der Waals surface area contributed by atoms with Gasteiger partial charge in [0.15, 0.2) is 0 Å². The number of likely N-dealkylation sites (tertiary alicyclic amines) is 1. The summed E-state index contributed by atoms with van der Waals surface area (Å²) in [7, 11) is 0. The first-order chi connectivity index (χ1) is 15.3. The molecule has 8 heteroatoms. The Balaban J connectivity index is 1.48. The molecular weight excluding hydrogens is 410 g/mol. The van der Waals surface area contributed by atoms with Gasteiger partial charge in [-0.3, -0.25) is 34.9 Å². The van der Waals surface area contributed by atoms with Crippen molar-refractivity contribution in [3.63, 3.8) is 0 Å². The number of nitrogens with one attached hydrogen (secondary N) is 2. The van der Waals surface area contributed by atoms with Crippen molar-refractivity contribution in [2.75, 3.05) is 6.61 Å². The van der Waals surface area contributed by atoms with Crippen molar-refractivity contribution in [3.8, 4) is 5.75 Å². The quantitative estimate of drug-likeness (QED) is 0.488. The number of rotatable bonds is 8. The summed E-state index contributed by atoms with van der Waals surface area (Å²) in [4.78, 5) is 49.2. The van der Waals surface area contributed by atoms with Gasteiger partial charge in [-0.15, -0.1) is 0 Å². The Morgan fingerprint density at radius 3 is 1.88 bits per heavy atom. The lowest BCUT2D eigenvalue weighted by atomic mass is 10.1. The third-order valence-corrected chi connectivity index (χ3v) is 5.08. The molecule has 0 unspecified atom stereocenters. The number of carbonyl (C=O) groups is 4. The topological polar surface area (TPSA) is 105 Å². The summed E-state index contributed by atoms with van der Waals surface area (Å²) < 4.78 is 5.63. The minimum absolute atomic E-state index is 0.185. The Labute approximate surface area is 186 Å². The highest BCUT2D eigenvalue weighted by atomic mass is 16.5. The number of carbonyl (C=O) groups excluding carboxylic acids is 4. The number of imide groups is 1. The lowest BCUT2D eigenvalue weighted by Crippen LogP contribution is -2.41. The number of nitrogens with zero attached hydrogens (tertiary/aromatic N) is 1. The smallest absolute Gasteiger partial charge is 0.269 e. The zero-order valence-electron chi connectivity index (χ0n) is 18.2. The molecule has 2 aromatic carbocycles. The molecule has 3 rings (SSSR count). The van der Waals surface area contributed by atoms with Crippen molar-refractivity contribution in [1.82, 2.24) is 15.8 Å². The number of benzene rings is 2. The Morgan fingerprint density at radius 1 is 0.875 bits per heavy atom. The number of amides is 4. The molecule has 32 heavy (non-hydrogen) atoms. The minimum atomic E-state index is -0.480. The van der Waals surface area contributed by atoms with E-state index in [1.54, 1.807) is 48.5 Å². The summed E-state index contributed by atoms with van der Waals surface area (Å²) in [5.41, 5.74) is 6.22.